The normalized spacial score (nSPS) is 10.6. The van der Waals surface area contributed by atoms with Crippen molar-refractivity contribution < 1.29 is 38.2 Å². The monoisotopic (exact) mass is 1280 g/mol. The highest BCUT2D eigenvalue weighted by molar-refractivity contribution is 5.86. The van der Waals surface area contributed by atoms with Gasteiger partial charge in [0.25, 0.3) is 0 Å². The lowest BCUT2D eigenvalue weighted by atomic mass is 10.1. The Hall–Kier alpha value is -7.53. The van der Waals surface area contributed by atoms with Crippen molar-refractivity contribution in [2.45, 2.75) is 133 Å². The van der Waals surface area contributed by atoms with Crippen molar-refractivity contribution in [3.63, 3.8) is 0 Å². The molecule has 0 aliphatic rings. The topological polar surface area (TPSA) is 355 Å². The van der Waals surface area contributed by atoms with E-state index in [1.165, 1.54) is 16.5 Å². The zero-order valence-corrected chi connectivity index (χ0v) is 57.0. The number of nitrogens with one attached hydrogen (secondary N) is 4. The van der Waals surface area contributed by atoms with Crippen LogP contribution in [0.15, 0.2) is 37.2 Å². The van der Waals surface area contributed by atoms with Gasteiger partial charge in [0.2, 0.25) is 11.8 Å². The van der Waals surface area contributed by atoms with Crippen LogP contribution in [0.4, 0.5) is 0 Å². The van der Waals surface area contributed by atoms with Gasteiger partial charge in [-0.2, -0.15) is 0 Å². The van der Waals surface area contributed by atoms with Crippen LogP contribution in [-0.4, -0.2) is 276 Å². The Balaban J connectivity index is 0.000000558. The second-order valence-corrected chi connectivity index (χ2v) is 21.9. The van der Waals surface area contributed by atoms with Crippen LogP contribution in [-0.2, 0) is 77.5 Å². The molecular weight excluding hydrogens is 1170 g/mol. The van der Waals surface area contributed by atoms with Crippen LogP contribution < -0.4 is 21.3 Å². The van der Waals surface area contributed by atoms with E-state index in [2.05, 4.69) is 83.1 Å². The van der Waals surface area contributed by atoms with Crippen molar-refractivity contribution in [2.24, 2.45) is 0 Å². The third-order valence-corrected chi connectivity index (χ3v) is 11.8. The van der Waals surface area contributed by atoms with Gasteiger partial charge < -0.3 is 50.2 Å². The predicted octanol–water partition coefficient (Wildman–Crippen LogP) is 0.383. The molecule has 0 saturated heterocycles. The van der Waals surface area contributed by atoms with E-state index in [1.807, 2.05) is 141 Å². The number of ketones is 3. The van der Waals surface area contributed by atoms with Gasteiger partial charge in [-0.05, 0) is 136 Å². The average molecular weight is 1280 g/mol. The van der Waals surface area contributed by atoms with Crippen LogP contribution >= 0.6 is 0 Å². The fourth-order valence-corrected chi connectivity index (χ4v) is 7.44. The fourth-order valence-electron chi connectivity index (χ4n) is 7.44. The predicted molar refractivity (Wildman–Crippen MR) is 344 cm³/mol. The number of nitrogens with zero attached hydrogens (tertiary/aromatic N) is 21. The van der Waals surface area contributed by atoms with Crippen LogP contribution in [0.25, 0.3) is 0 Å². The number of carbonyl (C=O) groups excluding carboxylic acids is 5. The van der Waals surface area contributed by atoms with E-state index in [1.54, 1.807) is 27.3 Å². The number of aromatic nitrogens is 18. The minimum atomic E-state index is -0.174. The van der Waals surface area contributed by atoms with Gasteiger partial charge in [0, 0.05) is 96.3 Å². The number of hydrogen-bond donors (Lipinski definition) is 4. The van der Waals surface area contributed by atoms with Gasteiger partial charge in [0.15, 0.2) is 11.6 Å². The third kappa shape index (κ3) is 46.2. The van der Waals surface area contributed by atoms with Crippen LogP contribution in [0.2, 0.25) is 0 Å². The first-order valence-corrected chi connectivity index (χ1v) is 30.7. The molecule has 91 heavy (non-hydrogen) atoms. The zero-order valence-electron chi connectivity index (χ0n) is 57.0. The molecule has 0 bridgehead atoms. The Labute approximate surface area is 537 Å². The molecule has 6 rings (SSSR count). The first-order chi connectivity index (χ1) is 43.5. The largest absolute Gasteiger partial charge is 0.378 e. The maximum atomic E-state index is 11.9. The van der Waals surface area contributed by atoms with E-state index in [9.17, 15) is 24.0 Å². The number of rotatable bonds is 39. The zero-order chi connectivity index (χ0) is 67.6. The summed E-state index contributed by atoms with van der Waals surface area (Å²) in [4.78, 5) is 62.0. The molecule has 33 heteroatoms. The Morgan fingerprint density at radius 1 is 0.418 bits per heavy atom. The summed E-state index contributed by atoms with van der Waals surface area (Å²) >= 11 is 0. The highest BCUT2D eigenvalue weighted by atomic mass is 16.5. The van der Waals surface area contributed by atoms with Crippen LogP contribution in [0.3, 0.4) is 0 Å². The van der Waals surface area contributed by atoms with Crippen molar-refractivity contribution >= 4 is 29.2 Å². The maximum absolute atomic E-state index is 11.9. The minimum Gasteiger partial charge on any atom is -0.378 e. The number of carbonyl (C=O) groups is 5. The average Bonchev–Trinajstić information content (AvgIpc) is 4.47. The summed E-state index contributed by atoms with van der Waals surface area (Å²) in [5.74, 6) is 0.290. The quantitative estimate of drug-likeness (QED) is 0.0379. The lowest BCUT2D eigenvalue weighted by Crippen LogP contribution is -2.35. The highest BCUT2D eigenvalue weighted by Crippen LogP contribution is 2.03. The molecule has 0 spiro atoms. The van der Waals surface area contributed by atoms with Crippen LogP contribution in [0.1, 0.15) is 86.0 Å². The Morgan fingerprint density at radius 3 is 1.13 bits per heavy atom. The number of likely N-dealkylation sites (N-methyl/N-ethyl adjacent to an activating group) is 5. The summed E-state index contributed by atoms with van der Waals surface area (Å²) in [6.07, 6.45) is 17.0. The molecule has 2 amide bonds. The molecule has 0 atom stereocenters. The lowest BCUT2D eigenvalue weighted by Gasteiger charge is -2.16. The maximum Gasteiger partial charge on any atom is 0.248 e. The van der Waals surface area contributed by atoms with Crippen molar-refractivity contribution in [1.82, 2.24) is 126 Å². The molecule has 0 aromatic carbocycles. The van der Waals surface area contributed by atoms with Gasteiger partial charge in [0.1, 0.15) is 18.9 Å². The molecule has 6 heterocycles. The molecule has 6 aromatic rings. The summed E-state index contributed by atoms with van der Waals surface area (Å²) < 4.78 is 26.4. The summed E-state index contributed by atoms with van der Waals surface area (Å²) in [5, 5.41) is 58.3. The number of unbranched alkanes of at least 4 members (excludes halogenated alkanes) is 2. The molecule has 0 aliphatic carbocycles. The Morgan fingerprint density at radius 2 is 0.769 bits per heavy atom. The molecule has 6 aromatic heterocycles. The summed E-state index contributed by atoms with van der Waals surface area (Å²) in [6.45, 7) is 24.4. The van der Waals surface area contributed by atoms with E-state index in [0.717, 1.165) is 112 Å². The standard InChI is InChI=1S/C15H27N5O3.C11H21N5O2.C11H20N4O.C8H16N4O.C7H14N4.C6H9N3O/c1-13-10-20(18-17-13)8-5-4-6-14(21)11-19(3)15(22)12-23-9-7-16-2;1-10-8-16(14-13-10)5-7-18-6-4-12-11(17)9-15(2)3;1-10-8-15(13-12-10)7-5-4-6-11(16)9-14(2)3;1-8-7-12(11-10-8)4-6-13-5-3-9-2;1-7-6-11(10-9-7)5-3-4-8-2;1-5-3-9(8-7-5)4-6(2)10/h10,16H,4-9,11-12H2,1-3H3;8H,4-7,9H2,1-3H3,(H,12,17);8H,4-7,9H2,1-3H3;7,9H,3-6H2,1-2H3;6,8H,3-5H2,1-2H3;3H,4H2,1-2H3. The molecule has 4 N–H and O–H groups in total. The molecular formula is C58H107N25O8. The molecule has 512 valence electrons. The van der Waals surface area contributed by atoms with E-state index in [-0.39, 0.29) is 36.5 Å². The smallest absolute Gasteiger partial charge is 0.248 e. The Kier molecular flexibility index (Phi) is 45.8. The van der Waals surface area contributed by atoms with E-state index in [4.69, 9.17) is 14.2 Å². The third-order valence-electron chi connectivity index (χ3n) is 11.8. The van der Waals surface area contributed by atoms with Crippen molar-refractivity contribution in [3.05, 3.63) is 71.3 Å². The lowest BCUT2D eigenvalue weighted by molar-refractivity contribution is -0.138. The van der Waals surface area contributed by atoms with Gasteiger partial charge in [-0.25, -0.2) is 14.0 Å². The molecule has 0 unspecified atom stereocenters. The number of amides is 2. The first kappa shape index (κ1) is 81.5. The van der Waals surface area contributed by atoms with Gasteiger partial charge >= 0.3 is 0 Å². The van der Waals surface area contributed by atoms with Crippen molar-refractivity contribution in [1.29, 1.82) is 0 Å². The van der Waals surface area contributed by atoms with Crippen LogP contribution in [0.5, 0.6) is 0 Å². The summed E-state index contributed by atoms with van der Waals surface area (Å²) in [7, 11) is 14.8. The first-order valence-electron chi connectivity index (χ1n) is 30.7. The molecule has 0 saturated carbocycles. The highest BCUT2D eigenvalue weighted by Gasteiger charge is 2.13. The number of hydrogen-bond acceptors (Lipinski definition) is 25. The van der Waals surface area contributed by atoms with Gasteiger partial charge in [-0.1, -0.05) is 31.3 Å². The molecule has 0 aliphatic heterocycles. The second kappa shape index (κ2) is 51.1. The fraction of sp³-hybridized carbons (Fsp3) is 0.707. The van der Waals surface area contributed by atoms with Crippen molar-refractivity contribution in [2.75, 3.05) is 142 Å². The van der Waals surface area contributed by atoms with E-state index < -0.39 is 0 Å². The number of Topliss-reactive ketones (excluding diaryl/α,β-unsaturated/α-hetero) is 3. The van der Waals surface area contributed by atoms with Gasteiger partial charge in [0.05, 0.1) is 99.9 Å². The summed E-state index contributed by atoms with van der Waals surface area (Å²) in [5.41, 5.74) is 5.47. The van der Waals surface area contributed by atoms with Crippen LogP contribution in [0, 0.1) is 41.5 Å². The van der Waals surface area contributed by atoms with E-state index >= 15 is 0 Å². The number of aryl methyl sites for hydroxylation is 9. The van der Waals surface area contributed by atoms with E-state index in [0.29, 0.717) is 84.3 Å². The molecule has 33 nitrogen and oxygen atoms in total. The molecule has 0 radical (unpaired) electrons. The summed E-state index contributed by atoms with van der Waals surface area (Å²) in [6, 6.07) is 0. The van der Waals surface area contributed by atoms with Gasteiger partial charge in [-0.15, -0.1) is 30.6 Å². The molecule has 0 fully saturated rings. The van der Waals surface area contributed by atoms with Gasteiger partial charge in [-0.3, -0.25) is 38.0 Å². The van der Waals surface area contributed by atoms with Crippen molar-refractivity contribution in [3.8, 4) is 0 Å². The second-order valence-electron chi connectivity index (χ2n) is 21.9. The number of ether oxygens (including phenoxy) is 3. The minimum absolute atomic E-state index is 0.00972. The Bertz CT molecular complexity index is 2820. The SMILES string of the molecule is CC(=O)Cn1cc(C)nn1.CNCCCn1cc(C)nn1.CNCCOCC(=O)N(C)CC(=O)CCCCn1cc(C)nn1.CNCCOCCn1cc(C)nn1.Cc1cn(CCCCC(=O)CN(C)C)nn1.Cc1cn(CCOCCNC(=O)CN(C)C)nn1.